The second-order valence-corrected chi connectivity index (χ2v) is 4.12. The average molecular weight is 215 g/mol. The van der Waals surface area contributed by atoms with Crippen molar-refractivity contribution >= 4 is 16.8 Å². The van der Waals surface area contributed by atoms with Crippen molar-refractivity contribution < 1.29 is 4.79 Å². The lowest BCUT2D eigenvalue weighted by Crippen LogP contribution is -2.35. The van der Waals surface area contributed by atoms with E-state index >= 15 is 0 Å². The van der Waals surface area contributed by atoms with Crippen molar-refractivity contribution in [3.8, 4) is 0 Å². The van der Waals surface area contributed by atoms with Crippen LogP contribution in [-0.4, -0.2) is 28.8 Å². The maximum atomic E-state index is 11.9. The molecular formula is C12H13N3O. The van der Waals surface area contributed by atoms with Crippen molar-refractivity contribution in [3.05, 3.63) is 30.1 Å². The van der Waals surface area contributed by atoms with Crippen LogP contribution >= 0.6 is 0 Å². The number of hydrogen-bond acceptors (Lipinski definition) is 3. The monoisotopic (exact) mass is 215 g/mol. The summed E-state index contributed by atoms with van der Waals surface area (Å²) in [5.74, 6) is 0.266. The van der Waals surface area contributed by atoms with Crippen molar-refractivity contribution in [2.45, 2.75) is 12.3 Å². The van der Waals surface area contributed by atoms with Gasteiger partial charge in [0.2, 0.25) is 0 Å². The Morgan fingerprint density at radius 1 is 1.44 bits per heavy atom. The topological polar surface area (TPSA) is 57.8 Å². The molecule has 2 aromatic heterocycles. The van der Waals surface area contributed by atoms with Crippen LogP contribution in [0.25, 0.3) is 11.0 Å². The predicted molar refractivity (Wildman–Crippen MR) is 61.3 cm³/mol. The first-order valence-electron chi connectivity index (χ1n) is 5.51. The fraction of sp³-hybridized carbons (Fsp3) is 0.333. The van der Waals surface area contributed by atoms with Gasteiger partial charge >= 0.3 is 0 Å². The molecule has 82 valence electrons. The second kappa shape index (κ2) is 3.72. The molecule has 1 fully saturated rings. The van der Waals surface area contributed by atoms with Crippen LogP contribution in [0.3, 0.4) is 0 Å². The molecule has 1 atom stereocenters. The normalized spacial score (nSPS) is 21.5. The Kier molecular flexibility index (Phi) is 2.22. The Labute approximate surface area is 93.1 Å². The molecule has 0 aromatic carbocycles. The molecule has 0 spiro atoms. The van der Waals surface area contributed by atoms with E-state index in [2.05, 4.69) is 15.3 Å². The number of fused-ring (bicyclic) bond motifs is 1. The minimum Gasteiger partial charge on any atom is -0.360 e. The number of Topliss-reactive ketones (excluding diaryl/α,β-unsaturated/α-hetero) is 1. The third-order valence-electron chi connectivity index (χ3n) is 3.13. The molecule has 4 nitrogen and oxygen atoms in total. The van der Waals surface area contributed by atoms with Crippen molar-refractivity contribution in [2.75, 3.05) is 13.1 Å². The molecule has 1 saturated heterocycles. The highest BCUT2D eigenvalue weighted by atomic mass is 16.1. The summed E-state index contributed by atoms with van der Waals surface area (Å²) in [5.41, 5.74) is 2.94. The number of pyridine rings is 1. The first-order valence-corrected chi connectivity index (χ1v) is 5.51. The molecule has 1 unspecified atom stereocenters. The van der Waals surface area contributed by atoms with Gasteiger partial charge in [0.15, 0.2) is 0 Å². The standard InChI is InChI=1S/C12H13N3O/c16-11-3-5-13-6-8(11)9-7-15-10-2-1-4-14-12(9)10/h1-2,4,7-8,13,15H,3,5-6H2. The predicted octanol–water partition coefficient (Wildman–Crippen LogP) is 1.21. The van der Waals surface area contributed by atoms with E-state index in [4.69, 9.17) is 0 Å². The van der Waals surface area contributed by atoms with Gasteiger partial charge in [0, 0.05) is 37.5 Å². The summed E-state index contributed by atoms with van der Waals surface area (Å²) in [5, 5.41) is 3.26. The summed E-state index contributed by atoms with van der Waals surface area (Å²) in [4.78, 5) is 19.4. The van der Waals surface area contributed by atoms with Gasteiger partial charge in [-0.1, -0.05) is 0 Å². The number of nitrogens with zero attached hydrogens (tertiary/aromatic N) is 1. The van der Waals surface area contributed by atoms with Gasteiger partial charge in [-0.25, -0.2) is 0 Å². The molecule has 0 amide bonds. The number of aromatic nitrogens is 2. The zero-order valence-electron chi connectivity index (χ0n) is 8.86. The van der Waals surface area contributed by atoms with Crippen molar-refractivity contribution in [2.24, 2.45) is 0 Å². The van der Waals surface area contributed by atoms with Gasteiger partial charge in [-0.05, 0) is 12.1 Å². The molecule has 1 aliphatic rings. The zero-order chi connectivity index (χ0) is 11.0. The first kappa shape index (κ1) is 9.54. The summed E-state index contributed by atoms with van der Waals surface area (Å²) < 4.78 is 0. The second-order valence-electron chi connectivity index (χ2n) is 4.12. The summed E-state index contributed by atoms with van der Waals surface area (Å²) in [6, 6.07) is 3.87. The number of carbonyl (C=O) groups excluding carboxylic acids is 1. The number of ketones is 1. The van der Waals surface area contributed by atoms with Crippen LogP contribution in [0.1, 0.15) is 17.9 Å². The molecule has 2 N–H and O–H groups in total. The van der Waals surface area contributed by atoms with Gasteiger partial charge in [0.1, 0.15) is 5.78 Å². The molecule has 3 rings (SSSR count). The summed E-state index contributed by atoms with van der Waals surface area (Å²) >= 11 is 0. The van der Waals surface area contributed by atoms with Gasteiger partial charge in [0.25, 0.3) is 0 Å². The lowest BCUT2D eigenvalue weighted by atomic mass is 9.91. The van der Waals surface area contributed by atoms with E-state index in [0.717, 1.165) is 29.7 Å². The summed E-state index contributed by atoms with van der Waals surface area (Å²) in [6.07, 6.45) is 4.29. The van der Waals surface area contributed by atoms with E-state index < -0.39 is 0 Å². The van der Waals surface area contributed by atoms with Crippen molar-refractivity contribution in [1.82, 2.24) is 15.3 Å². The van der Waals surface area contributed by atoms with Gasteiger partial charge in [-0.2, -0.15) is 0 Å². The highest BCUT2D eigenvalue weighted by molar-refractivity contribution is 5.92. The molecule has 0 saturated carbocycles. The van der Waals surface area contributed by atoms with E-state index in [1.165, 1.54) is 0 Å². The van der Waals surface area contributed by atoms with Gasteiger partial charge < -0.3 is 10.3 Å². The van der Waals surface area contributed by atoms with Crippen LogP contribution in [0, 0.1) is 0 Å². The van der Waals surface area contributed by atoms with Gasteiger partial charge in [-0.3, -0.25) is 9.78 Å². The van der Waals surface area contributed by atoms with E-state index in [9.17, 15) is 4.79 Å². The Morgan fingerprint density at radius 2 is 2.38 bits per heavy atom. The molecule has 0 radical (unpaired) electrons. The number of rotatable bonds is 1. The lowest BCUT2D eigenvalue weighted by Gasteiger charge is -2.20. The molecule has 4 heteroatoms. The summed E-state index contributed by atoms with van der Waals surface area (Å²) in [6.45, 7) is 1.52. The van der Waals surface area contributed by atoms with E-state index in [-0.39, 0.29) is 5.92 Å². The van der Waals surface area contributed by atoms with E-state index in [1.807, 2.05) is 18.3 Å². The van der Waals surface area contributed by atoms with E-state index in [0.29, 0.717) is 12.2 Å². The van der Waals surface area contributed by atoms with Crippen LogP contribution in [0.4, 0.5) is 0 Å². The van der Waals surface area contributed by atoms with Crippen LogP contribution in [0.2, 0.25) is 0 Å². The first-order chi connectivity index (χ1) is 7.86. The number of carbonyl (C=O) groups is 1. The SMILES string of the molecule is O=C1CCNCC1c1c[nH]c2cccnc12. The Bertz CT molecular complexity index is 532. The molecular weight excluding hydrogens is 202 g/mol. The quantitative estimate of drug-likeness (QED) is 0.751. The zero-order valence-corrected chi connectivity index (χ0v) is 8.86. The molecule has 3 heterocycles. The number of hydrogen-bond donors (Lipinski definition) is 2. The summed E-state index contributed by atoms with van der Waals surface area (Å²) in [7, 11) is 0. The molecule has 1 aliphatic heterocycles. The van der Waals surface area contributed by atoms with Crippen molar-refractivity contribution in [1.29, 1.82) is 0 Å². The smallest absolute Gasteiger partial charge is 0.143 e. The number of nitrogens with one attached hydrogen (secondary N) is 2. The third kappa shape index (κ3) is 1.42. The molecule has 0 aliphatic carbocycles. The number of H-pyrrole nitrogens is 1. The van der Waals surface area contributed by atoms with Crippen LogP contribution in [-0.2, 0) is 4.79 Å². The largest absolute Gasteiger partial charge is 0.360 e. The minimum atomic E-state index is -0.0441. The van der Waals surface area contributed by atoms with Crippen LogP contribution in [0.5, 0.6) is 0 Å². The highest BCUT2D eigenvalue weighted by Crippen LogP contribution is 2.26. The Balaban J connectivity index is 2.08. The average Bonchev–Trinajstić information content (AvgIpc) is 2.74. The Morgan fingerprint density at radius 3 is 3.25 bits per heavy atom. The van der Waals surface area contributed by atoms with E-state index in [1.54, 1.807) is 6.20 Å². The fourth-order valence-corrected chi connectivity index (χ4v) is 2.27. The molecule has 2 aromatic rings. The van der Waals surface area contributed by atoms with Gasteiger partial charge in [0.05, 0.1) is 17.0 Å². The van der Waals surface area contributed by atoms with Crippen LogP contribution in [0.15, 0.2) is 24.5 Å². The minimum absolute atomic E-state index is 0.0441. The highest BCUT2D eigenvalue weighted by Gasteiger charge is 2.26. The fourth-order valence-electron chi connectivity index (χ4n) is 2.27. The maximum absolute atomic E-state index is 11.9. The molecule has 16 heavy (non-hydrogen) atoms. The third-order valence-corrected chi connectivity index (χ3v) is 3.13. The number of piperidine rings is 1. The maximum Gasteiger partial charge on any atom is 0.143 e. The lowest BCUT2D eigenvalue weighted by molar-refractivity contribution is -0.121. The Hall–Kier alpha value is -1.68. The van der Waals surface area contributed by atoms with Gasteiger partial charge in [-0.15, -0.1) is 0 Å². The number of aromatic amines is 1. The van der Waals surface area contributed by atoms with Crippen molar-refractivity contribution in [3.63, 3.8) is 0 Å². The molecule has 0 bridgehead atoms. The van der Waals surface area contributed by atoms with Crippen LogP contribution < -0.4 is 5.32 Å².